The van der Waals surface area contributed by atoms with E-state index in [1.165, 1.54) is 38.5 Å². The lowest BCUT2D eigenvalue weighted by atomic mass is 9.94. The van der Waals surface area contributed by atoms with Crippen LogP contribution in [0.3, 0.4) is 0 Å². The summed E-state index contributed by atoms with van der Waals surface area (Å²) in [4.78, 5) is 0. The van der Waals surface area contributed by atoms with Gasteiger partial charge in [0.15, 0.2) is 0 Å². The van der Waals surface area contributed by atoms with Crippen LogP contribution in [0.25, 0.3) is 0 Å². The van der Waals surface area contributed by atoms with Crippen LogP contribution in [-0.2, 0) is 14.2 Å². The van der Waals surface area contributed by atoms with Crippen LogP contribution in [-0.4, -0.2) is 33.8 Å². The van der Waals surface area contributed by atoms with Crippen molar-refractivity contribution in [2.45, 2.75) is 64.3 Å². The molecule has 1 unspecified atom stereocenters. The Hall–Kier alpha value is -1.10. The molecule has 4 heteroatoms. The van der Waals surface area contributed by atoms with Crippen LogP contribution < -0.4 is 5.32 Å². The highest BCUT2D eigenvalue weighted by atomic mass is 16.9. The van der Waals surface area contributed by atoms with Crippen LogP contribution in [0.5, 0.6) is 0 Å². The molecule has 0 aromatic heterocycles. The largest absolute Gasteiger partial charge is 0.385 e. The number of benzene rings is 1. The lowest BCUT2D eigenvalue weighted by molar-refractivity contribution is -0.380. The molecular formula is C21H37NO3. The minimum Gasteiger partial charge on any atom is -0.385 e. The highest BCUT2D eigenvalue weighted by molar-refractivity contribution is 5.42. The first-order valence-electron chi connectivity index (χ1n) is 9.66. The molecule has 0 aliphatic heterocycles. The minimum absolute atomic E-state index is 0.190. The predicted molar refractivity (Wildman–Crippen MR) is 105 cm³/mol. The molecule has 25 heavy (non-hydrogen) atoms. The summed E-state index contributed by atoms with van der Waals surface area (Å²) in [6, 6.07) is 10.3. The summed E-state index contributed by atoms with van der Waals surface area (Å²) in [5, 5.41) is 3.47. The van der Waals surface area contributed by atoms with Gasteiger partial charge in [-0.25, -0.2) is 0 Å². The van der Waals surface area contributed by atoms with Gasteiger partial charge in [0, 0.05) is 39.5 Å². The fourth-order valence-corrected chi connectivity index (χ4v) is 3.37. The van der Waals surface area contributed by atoms with Crippen molar-refractivity contribution in [3.63, 3.8) is 0 Å². The first-order chi connectivity index (χ1) is 12.2. The van der Waals surface area contributed by atoms with Gasteiger partial charge in [0.25, 0.3) is 5.97 Å². The Kier molecular flexibility index (Phi) is 11.5. The number of rotatable bonds is 15. The molecular weight excluding hydrogens is 314 g/mol. The Morgan fingerprint density at radius 2 is 1.44 bits per heavy atom. The number of hydrogen-bond donors (Lipinski definition) is 1. The van der Waals surface area contributed by atoms with Crippen molar-refractivity contribution >= 4 is 5.69 Å². The molecule has 1 aromatic rings. The molecule has 0 saturated carbocycles. The van der Waals surface area contributed by atoms with Crippen molar-refractivity contribution in [1.29, 1.82) is 0 Å². The third-order valence-corrected chi connectivity index (χ3v) is 4.86. The van der Waals surface area contributed by atoms with Crippen LogP contribution in [0, 0.1) is 5.92 Å². The lowest BCUT2D eigenvalue weighted by Crippen LogP contribution is -2.44. The molecule has 0 spiro atoms. The highest BCUT2D eigenvalue weighted by Gasteiger charge is 2.39. The second-order valence-corrected chi connectivity index (χ2v) is 6.55. The maximum Gasteiger partial charge on any atom is 0.285 e. The molecule has 1 rings (SSSR count). The predicted octanol–water partition coefficient (Wildman–Crippen LogP) is 5.45. The van der Waals surface area contributed by atoms with Gasteiger partial charge in [-0.1, -0.05) is 63.6 Å². The molecule has 0 heterocycles. The number of unbranched alkanes of at least 4 members (excludes halogenated alkanes) is 5. The van der Waals surface area contributed by atoms with Gasteiger partial charge in [0.2, 0.25) is 0 Å². The molecule has 0 bridgehead atoms. The Balaban J connectivity index is 2.52. The first kappa shape index (κ1) is 21.9. The lowest BCUT2D eigenvalue weighted by Gasteiger charge is -2.36. The Morgan fingerprint density at radius 3 is 2.04 bits per heavy atom. The number of anilines is 1. The van der Waals surface area contributed by atoms with E-state index in [0.717, 1.165) is 25.1 Å². The summed E-state index contributed by atoms with van der Waals surface area (Å²) in [7, 11) is 4.98. The number of ether oxygens (including phenoxy) is 3. The van der Waals surface area contributed by atoms with Gasteiger partial charge in [0.05, 0.1) is 0 Å². The Morgan fingerprint density at radius 1 is 0.840 bits per heavy atom. The van der Waals surface area contributed by atoms with Crippen molar-refractivity contribution in [2.75, 3.05) is 33.2 Å². The molecule has 0 aliphatic carbocycles. The fraction of sp³-hybridized carbons (Fsp3) is 0.714. The summed E-state index contributed by atoms with van der Waals surface area (Å²) in [6.45, 7) is 3.11. The maximum absolute atomic E-state index is 5.62. The second kappa shape index (κ2) is 13.2. The number of para-hydroxylation sites is 1. The summed E-state index contributed by atoms with van der Waals surface area (Å²) >= 11 is 0. The van der Waals surface area contributed by atoms with Gasteiger partial charge in [-0.15, -0.1) is 0 Å². The van der Waals surface area contributed by atoms with E-state index in [1.807, 2.05) is 18.2 Å². The van der Waals surface area contributed by atoms with Gasteiger partial charge in [-0.2, -0.15) is 0 Å². The molecule has 0 amide bonds. The van der Waals surface area contributed by atoms with E-state index in [-0.39, 0.29) is 5.92 Å². The molecule has 4 nitrogen and oxygen atoms in total. The molecule has 1 atom stereocenters. The SMILES string of the molecule is CCCCCCCCC(CCNc1ccccc1)C(OC)(OC)OC. The van der Waals surface area contributed by atoms with E-state index in [4.69, 9.17) is 14.2 Å². The topological polar surface area (TPSA) is 39.7 Å². The van der Waals surface area contributed by atoms with Gasteiger partial charge in [-0.3, -0.25) is 0 Å². The van der Waals surface area contributed by atoms with Crippen molar-refractivity contribution in [2.24, 2.45) is 5.92 Å². The minimum atomic E-state index is -0.957. The molecule has 1 N–H and O–H groups in total. The van der Waals surface area contributed by atoms with E-state index in [9.17, 15) is 0 Å². The summed E-state index contributed by atoms with van der Waals surface area (Å²) in [5.74, 6) is -0.767. The third-order valence-electron chi connectivity index (χ3n) is 4.86. The fourth-order valence-electron chi connectivity index (χ4n) is 3.37. The summed E-state index contributed by atoms with van der Waals surface area (Å²) < 4.78 is 16.9. The van der Waals surface area contributed by atoms with Crippen LogP contribution in [0.2, 0.25) is 0 Å². The van der Waals surface area contributed by atoms with E-state index in [0.29, 0.717) is 0 Å². The van der Waals surface area contributed by atoms with Crippen LogP contribution in [0.15, 0.2) is 30.3 Å². The van der Waals surface area contributed by atoms with Crippen LogP contribution in [0.1, 0.15) is 58.3 Å². The summed E-state index contributed by atoms with van der Waals surface area (Å²) in [5.41, 5.74) is 1.14. The van der Waals surface area contributed by atoms with Gasteiger partial charge < -0.3 is 19.5 Å². The zero-order chi connectivity index (χ0) is 18.4. The standard InChI is InChI=1S/C21H37NO3/c1-5-6-7-8-9-11-14-19(21(23-2,24-3)25-4)17-18-22-20-15-12-10-13-16-20/h10,12-13,15-16,19,22H,5-9,11,14,17-18H2,1-4H3. The van der Waals surface area contributed by atoms with Crippen LogP contribution >= 0.6 is 0 Å². The number of methoxy groups -OCH3 is 3. The Labute approximate surface area is 154 Å². The van der Waals surface area contributed by atoms with E-state index in [1.54, 1.807) is 21.3 Å². The third kappa shape index (κ3) is 7.76. The van der Waals surface area contributed by atoms with Gasteiger partial charge >= 0.3 is 0 Å². The molecule has 1 aromatic carbocycles. The smallest absolute Gasteiger partial charge is 0.285 e. The van der Waals surface area contributed by atoms with Crippen molar-refractivity contribution in [1.82, 2.24) is 0 Å². The monoisotopic (exact) mass is 351 g/mol. The van der Waals surface area contributed by atoms with Crippen LogP contribution in [0.4, 0.5) is 5.69 Å². The zero-order valence-electron chi connectivity index (χ0n) is 16.6. The van der Waals surface area contributed by atoms with Crippen molar-refractivity contribution < 1.29 is 14.2 Å². The van der Waals surface area contributed by atoms with Crippen molar-refractivity contribution in [3.05, 3.63) is 30.3 Å². The second-order valence-electron chi connectivity index (χ2n) is 6.55. The van der Waals surface area contributed by atoms with Gasteiger partial charge in [-0.05, 0) is 25.0 Å². The maximum atomic E-state index is 5.62. The van der Waals surface area contributed by atoms with Crippen molar-refractivity contribution in [3.8, 4) is 0 Å². The number of nitrogens with one attached hydrogen (secondary N) is 1. The van der Waals surface area contributed by atoms with Gasteiger partial charge in [0.1, 0.15) is 0 Å². The van der Waals surface area contributed by atoms with E-state index >= 15 is 0 Å². The van der Waals surface area contributed by atoms with E-state index < -0.39 is 5.97 Å². The summed E-state index contributed by atoms with van der Waals surface area (Å²) in [6.07, 6.45) is 9.67. The quantitative estimate of drug-likeness (QED) is 0.337. The molecule has 144 valence electrons. The number of hydrogen-bond acceptors (Lipinski definition) is 4. The normalized spacial score (nSPS) is 13.0. The highest BCUT2D eigenvalue weighted by Crippen LogP contribution is 2.31. The molecule has 0 fully saturated rings. The zero-order valence-corrected chi connectivity index (χ0v) is 16.6. The molecule has 0 aliphatic rings. The Bertz CT molecular complexity index is 412. The molecule has 0 radical (unpaired) electrons. The first-order valence-corrected chi connectivity index (χ1v) is 9.66. The average molecular weight is 352 g/mol. The average Bonchev–Trinajstić information content (AvgIpc) is 2.66. The van der Waals surface area contributed by atoms with E-state index in [2.05, 4.69) is 24.4 Å². The molecule has 0 saturated heterocycles.